The molecule has 1 aliphatic carbocycles. The molecule has 0 amide bonds. The van der Waals surface area contributed by atoms with Crippen LogP contribution in [0, 0.1) is 11.8 Å². The molecular weight excluding hydrogens is 176 g/mol. The molecule has 0 aromatic rings. The Kier molecular flexibility index (Phi) is 5.29. The van der Waals surface area contributed by atoms with E-state index in [1.165, 1.54) is 32.1 Å². The van der Waals surface area contributed by atoms with E-state index in [1.807, 2.05) is 0 Å². The summed E-state index contributed by atoms with van der Waals surface area (Å²) in [7, 11) is 0. The molecule has 0 N–H and O–H groups in total. The largest absolute Gasteiger partial charge is 0.175 e. The predicted molar refractivity (Wildman–Crippen MR) is 63.3 cm³/mol. The van der Waals surface area contributed by atoms with E-state index in [4.69, 9.17) is 0 Å². The summed E-state index contributed by atoms with van der Waals surface area (Å²) in [6.07, 6.45) is 13.3. The van der Waals surface area contributed by atoms with Crippen molar-refractivity contribution in [3.63, 3.8) is 0 Å². The van der Waals surface area contributed by atoms with Gasteiger partial charge in [-0.25, -0.2) is 0 Å². The normalized spacial score (nSPS) is 29.3. The Balaban J connectivity index is 2.17. The third-order valence-corrected chi connectivity index (χ3v) is 3.18. The molecule has 0 nitrogen and oxygen atoms in total. The summed E-state index contributed by atoms with van der Waals surface area (Å²) in [5.74, 6) is 2.60. The third-order valence-electron chi connectivity index (χ3n) is 2.97. The van der Waals surface area contributed by atoms with Crippen LogP contribution in [0.3, 0.4) is 0 Å². The van der Waals surface area contributed by atoms with Crippen LogP contribution in [0.4, 0.5) is 0 Å². The molecule has 0 radical (unpaired) electrons. The Morgan fingerprint density at radius 3 is 2.38 bits per heavy atom. The van der Waals surface area contributed by atoms with Crippen LogP contribution in [0.25, 0.3) is 0 Å². The number of allylic oxidation sites excluding steroid dienone is 2. The van der Waals surface area contributed by atoms with Gasteiger partial charge in [-0.15, -0.1) is 6.58 Å². The molecule has 0 aromatic carbocycles. The van der Waals surface area contributed by atoms with E-state index in [1.54, 1.807) is 0 Å². The Bertz CT molecular complexity index is 164. The molecule has 0 atom stereocenters. The SMILES string of the molecule is C=CC1CCC(C/C=C\CS)CC1. The van der Waals surface area contributed by atoms with Crippen LogP contribution in [0.2, 0.25) is 0 Å². The van der Waals surface area contributed by atoms with Gasteiger partial charge in [-0.05, 0) is 43.9 Å². The summed E-state index contributed by atoms with van der Waals surface area (Å²) < 4.78 is 0. The van der Waals surface area contributed by atoms with Gasteiger partial charge in [0, 0.05) is 5.75 Å². The first-order valence-corrected chi connectivity index (χ1v) is 5.88. The first-order chi connectivity index (χ1) is 6.36. The van der Waals surface area contributed by atoms with E-state index in [2.05, 4.69) is 37.4 Å². The Morgan fingerprint density at radius 2 is 1.85 bits per heavy atom. The number of hydrogen-bond acceptors (Lipinski definition) is 1. The molecule has 74 valence electrons. The molecule has 1 fully saturated rings. The second-order valence-electron chi connectivity index (χ2n) is 3.91. The second kappa shape index (κ2) is 6.31. The van der Waals surface area contributed by atoms with Crippen molar-refractivity contribution in [2.75, 3.05) is 5.75 Å². The molecular formula is C12H20S. The lowest BCUT2D eigenvalue weighted by molar-refractivity contribution is 0.313. The lowest BCUT2D eigenvalue weighted by Crippen LogP contribution is -2.12. The summed E-state index contributed by atoms with van der Waals surface area (Å²) in [4.78, 5) is 0. The first-order valence-electron chi connectivity index (χ1n) is 5.25. The van der Waals surface area contributed by atoms with Gasteiger partial charge in [-0.1, -0.05) is 18.2 Å². The molecule has 0 spiro atoms. The predicted octanol–water partition coefficient (Wildman–Crippen LogP) is 3.85. The summed E-state index contributed by atoms with van der Waals surface area (Å²) >= 11 is 4.15. The molecule has 0 aromatic heterocycles. The Hall–Kier alpha value is -0.170. The minimum atomic E-state index is 0.796. The molecule has 1 saturated carbocycles. The van der Waals surface area contributed by atoms with Gasteiger partial charge in [-0.3, -0.25) is 0 Å². The molecule has 0 unspecified atom stereocenters. The number of hydrogen-bond donors (Lipinski definition) is 1. The molecule has 1 rings (SSSR count). The highest BCUT2D eigenvalue weighted by Gasteiger charge is 2.17. The van der Waals surface area contributed by atoms with Gasteiger partial charge < -0.3 is 0 Å². The Morgan fingerprint density at radius 1 is 1.15 bits per heavy atom. The zero-order valence-corrected chi connectivity index (χ0v) is 9.18. The van der Waals surface area contributed by atoms with Crippen LogP contribution in [-0.2, 0) is 0 Å². The van der Waals surface area contributed by atoms with E-state index in [0.717, 1.165) is 17.6 Å². The highest BCUT2D eigenvalue weighted by atomic mass is 32.1. The van der Waals surface area contributed by atoms with E-state index < -0.39 is 0 Å². The van der Waals surface area contributed by atoms with Crippen LogP contribution >= 0.6 is 12.6 Å². The topological polar surface area (TPSA) is 0 Å². The van der Waals surface area contributed by atoms with Gasteiger partial charge in [0.05, 0.1) is 0 Å². The van der Waals surface area contributed by atoms with Crippen LogP contribution < -0.4 is 0 Å². The van der Waals surface area contributed by atoms with Crippen LogP contribution in [0.5, 0.6) is 0 Å². The average Bonchev–Trinajstić information content (AvgIpc) is 2.19. The minimum Gasteiger partial charge on any atom is -0.175 e. The van der Waals surface area contributed by atoms with Crippen molar-refractivity contribution in [1.82, 2.24) is 0 Å². The van der Waals surface area contributed by atoms with Crippen molar-refractivity contribution in [3.8, 4) is 0 Å². The standard InChI is InChI=1S/C12H20S/c1-2-11-6-8-12(9-7-11)5-3-4-10-13/h2-4,11-13H,1,5-10H2/b4-3-. The molecule has 0 saturated heterocycles. The van der Waals surface area contributed by atoms with Gasteiger partial charge in [0.1, 0.15) is 0 Å². The molecule has 1 aliphatic rings. The zero-order chi connectivity index (χ0) is 9.52. The summed E-state index contributed by atoms with van der Waals surface area (Å²) in [6.45, 7) is 3.86. The molecule has 0 heterocycles. The van der Waals surface area contributed by atoms with Crippen molar-refractivity contribution in [3.05, 3.63) is 24.8 Å². The summed E-state index contributed by atoms with van der Waals surface area (Å²) in [6, 6.07) is 0. The van der Waals surface area contributed by atoms with E-state index in [0.29, 0.717) is 0 Å². The van der Waals surface area contributed by atoms with E-state index >= 15 is 0 Å². The van der Waals surface area contributed by atoms with Gasteiger partial charge in [0.25, 0.3) is 0 Å². The minimum absolute atomic E-state index is 0.796. The fraction of sp³-hybridized carbons (Fsp3) is 0.667. The molecule has 1 heteroatoms. The molecule has 13 heavy (non-hydrogen) atoms. The van der Waals surface area contributed by atoms with E-state index in [-0.39, 0.29) is 0 Å². The van der Waals surface area contributed by atoms with Crippen molar-refractivity contribution in [2.45, 2.75) is 32.1 Å². The van der Waals surface area contributed by atoms with Crippen LogP contribution in [-0.4, -0.2) is 5.75 Å². The maximum Gasteiger partial charge on any atom is 0.00825 e. The molecule has 0 bridgehead atoms. The van der Waals surface area contributed by atoms with Crippen molar-refractivity contribution < 1.29 is 0 Å². The van der Waals surface area contributed by atoms with Gasteiger partial charge in [0.15, 0.2) is 0 Å². The lowest BCUT2D eigenvalue weighted by atomic mass is 9.80. The lowest BCUT2D eigenvalue weighted by Gasteiger charge is -2.25. The van der Waals surface area contributed by atoms with Crippen molar-refractivity contribution in [2.24, 2.45) is 11.8 Å². The van der Waals surface area contributed by atoms with Crippen LogP contribution in [0.1, 0.15) is 32.1 Å². The number of rotatable bonds is 4. The van der Waals surface area contributed by atoms with Crippen molar-refractivity contribution >= 4 is 12.6 Å². The maximum absolute atomic E-state index is 4.15. The Labute approximate surface area is 87.5 Å². The summed E-state index contributed by atoms with van der Waals surface area (Å²) in [5.41, 5.74) is 0. The highest BCUT2D eigenvalue weighted by Crippen LogP contribution is 2.31. The fourth-order valence-electron chi connectivity index (χ4n) is 2.02. The van der Waals surface area contributed by atoms with Gasteiger partial charge >= 0.3 is 0 Å². The number of thiol groups is 1. The maximum atomic E-state index is 4.15. The monoisotopic (exact) mass is 196 g/mol. The van der Waals surface area contributed by atoms with Gasteiger partial charge in [0.2, 0.25) is 0 Å². The fourth-order valence-corrected chi connectivity index (χ4v) is 2.17. The smallest absolute Gasteiger partial charge is 0.00825 e. The molecule has 0 aliphatic heterocycles. The second-order valence-corrected chi connectivity index (χ2v) is 4.27. The van der Waals surface area contributed by atoms with Crippen molar-refractivity contribution in [1.29, 1.82) is 0 Å². The first kappa shape index (κ1) is 10.9. The quantitative estimate of drug-likeness (QED) is 0.512. The van der Waals surface area contributed by atoms with E-state index in [9.17, 15) is 0 Å². The highest BCUT2D eigenvalue weighted by molar-refractivity contribution is 7.80. The summed E-state index contributed by atoms with van der Waals surface area (Å²) in [5, 5.41) is 0. The van der Waals surface area contributed by atoms with Gasteiger partial charge in [-0.2, -0.15) is 12.6 Å². The average molecular weight is 196 g/mol. The van der Waals surface area contributed by atoms with Crippen LogP contribution in [0.15, 0.2) is 24.8 Å². The third kappa shape index (κ3) is 4.04. The zero-order valence-electron chi connectivity index (χ0n) is 8.28.